The molecule has 178 valence electrons. The smallest absolute Gasteiger partial charge is 0.149 e. The predicted octanol–water partition coefficient (Wildman–Crippen LogP) is 8.67. The van der Waals surface area contributed by atoms with E-state index in [1.54, 1.807) is 38.2 Å². The molecule has 0 aliphatic rings. The number of aromatic nitrogens is 3. The van der Waals surface area contributed by atoms with Crippen LogP contribution >= 0.6 is 34.8 Å². The van der Waals surface area contributed by atoms with Gasteiger partial charge in [0.05, 0.1) is 32.2 Å². The van der Waals surface area contributed by atoms with Crippen molar-refractivity contribution in [1.29, 1.82) is 0 Å². The lowest BCUT2D eigenvalue weighted by atomic mass is 10.1. The van der Waals surface area contributed by atoms with Gasteiger partial charge in [0.25, 0.3) is 0 Å². The molecule has 0 N–H and O–H groups in total. The first-order valence-electron chi connectivity index (χ1n) is 10.1. The van der Waals surface area contributed by atoms with Crippen molar-refractivity contribution in [3.05, 3.63) is 98.3 Å². The number of rotatable bonds is 1. The van der Waals surface area contributed by atoms with Gasteiger partial charge in [-0.05, 0) is 55.8 Å². The van der Waals surface area contributed by atoms with Gasteiger partial charge in [0.15, 0.2) is 0 Å². The van der Waals surface area contributed by atoms with Crippen LogP contribution in [0.2, 0.25) is 15.2 Å². The van der Waals surface area contributed by atoms with E-state index in [1.807, 2.05) is 0 Å². The summed E-state index contributed by atoms with van der Waals surface area (Å²) in [6.07, 6.45) is 1.61. The summed E-state index contributed by atoms with van der Waals surface area (Å²) in [5.74, 6) is -2.45. The number of benzene rings is 2. The Morgan fingerprint density at radius 3 is 1.69 bits per heavy atom. The molecule has 0 aliphatic heterocycles. The number of nitrogens with zero attached hydrogens (tertiary/aromatic N) is 3. The molecule has 5 aromatic rings. The molecular formula is C25H14Cl3F4N3. The summed E-state index contributed by atoms with van der Waals surface area (Å²) in [5.41, 5.74) is 1.81. The molecule has 0 bridgehead atoms. The van der Waals surface area contributed by atoms with Gasteiger partial charge in [-0.25, -0.2) is 27.5 Å². The molecule has 0 fully saturated rings. The van der Waals surface area contributed by atoms with Crippen molar-refractivity contribution >= 4 is 56.6 Å². The summed E-state index contributed by atoms with van der Waals surface area (Å²) in [5, 5.41) is 0.314. The summed E-state index contributed by atoms with van der Waals surface area (Å²) in [6, 6.07) is 9.40. The minimum absolute atomic E-state index is 0.00356. The van der Waals surface area contributed by atoms with E-state index in [2.05, 4.69) is 15.0 Å². The van der Waals surface area contributed by atoms with Gasteiger partial charge in [-0.3, -0.25) is 4.98 Å². The molecule has 3 heterocycles. The first-order valence-corrected chi connectivity index (χ1v) is 11.2. The molecule has 0 unspecified atom stereocenters. The van der Waals surface area contributed by atoms with E-state index in [4.69, 9.17) is 34.8 Å². The zero-order valence-electron chi connectivity index (χ0n) is 18.1. The lowest BCUT2D eigenvalue weighted by Gasteiger charge is -2.10. The maximum absolute atomic E-state index is 13.9. The van der Waals surface area contributed by atoms with E-state index in [0.29, 0.717) is 22.5 Å². The van der Waals surface area contributed by atoms with E-state index < -0.39 is 23.3 Å². The topological polar surface area (TPSA) is 38.7 Å². The monoisotopic (exact) mass is 537 g/mol. The van der Waals surface area contributed by atoms with Gasteiger partial charge in [0.1, 0.15) is 39.5 Å². The fourth-order valence-corrected chi connectivity index (χ4v) is 4.18. The maximum atomic E-state index is 13.9. The normalized spacial score (nSPS) is 11.0. The molecule has 0 radical (unpaired) electrons. The van der Waals surface area contributed by atoms with E-state index in [9.17, 15) is 17.6 Å². The minimum Gasteiger partial charge on any atom is -0.255 e. The Bertz CT molecular complexity index is 1600. The Balaban J connectivity index is 0.000000172. The highest BCUT2D eigenvalue weighted by Gasteiger charge is 2.18. The summed E-state index contributed by atoms with van der Waals surface area (Å²) in [6.45, 7) is 3.31. The van der Waals surface area contributed by atoms with Crippen LogP contribution in [0.5, 0.6) is 0 Å². The Labute approximate surface area is 212 Å². The van der Waals surface area contributed by atoms with Gasteiger partial charge >= 0.3 is 0 Å². The van der Waals surface area contributed by atoms with Gasteiger partial charge in [-0.15, -0.1) is 0 Å². The highest BCUT2D eigenvalue weighted by molar-refractivity contribution is 6.39. The van der Waals surface area contributed by atoms with Gasteiger partial charge in [0.2, 0.25) is 0 Å². The second-order valence-electron chi connectivity index (χ2n) is 7.46. The Morgan fingerprint density at radius 1 is 0.629 bits per heavy atom. The average Bonchev–Trinajstić information content (AvgIpc) is 2.85. The number of halogens is 7. The van der Waals surface area contributed by atoms with Crippen molar-refractivity contribution in [3.63, 3.8) is 0 Å². The Hall–Kier alpha value is -3.00. The van der Waals surface area contributed by atoms with Crippen molar-refractivity contribution in [3.8, 4) is 11.4 Å². The molecule has 3 aromatic heterocycles. The van der Waals surface area contributed by atoms with Crippen LogP contribution in [0.15, 0.2) is 48.7 Å². The average molecular weight is 539 g/mol. The van der Waals surface area contributed by atoms with Gasteiger partial charge in [-0.2, -0.15) is 0 Å². The number of hydrogen-bond donors (Lipinski definition) is 0. The molecule has 0 atom stereocenters. The molecule has 35 heavy (non-hydrogen) atoms. The molecular weight excluding hydrogens is 525 g/mol. The second-order valence-corrected chi connectivity index (χ2v) is 8.58. The van der Waals surface area contributed by atoms with Gasteiger partial charge in [-0.1, -0.05) is 40.9 Å². The fraction of sp³-hybridized carbons (Fsp3) is 0.0800. The van der Waals surface area contributed by atoms with Crippen molar-refractivity contribution in [2.75, 3.05) is 0 Å². The molecule has 5 rings (SSSR count). The quantitative estimate of drug-likeness (QED) is 0.158. The second kappa shape index (κ2) is 9.93. The Morgan fingerprint density at radius 2 is 1.14 bits per heavy atom. The molecule has 0 spiro atoms. The minimum atomic E-state index is -0.643. The van der Waals surface area contributed by atoms with Crippen LogP contribution in [0.3, 0.4) is 0 Å². The van der Waals surface area contributed by atoms with E-state index in [-0.39, 0.29) is 37.0 Å². The van der Waals surface area contributed by atoms with Crippen LogP contribution in [0.4, 0.5) is 17.6 Å². The summed E-state index contributed by atoms with van der Waals surface area (Å²) in [4.78, 5) is 12.1. The van der Waals surface area contributed by atoms with Crippen LogP contribution in [-0.2, 0) is 0 Å². The van der Waals surface area contributed by atoms with Gasteiger partial charge in [0, 0.05) is 11.8 Å². The summed E-state index contributed by atoms with van der Waals surface area (Å²) in [7, 11) is 0. The van der Waals surface area contributed by atoms with E-state index >= 15 is 0 Å². The van der Waals surface area contributed by atoms with Crippen molar-refractivity contribution in [2.45, 2.75) is 13.8 Å². The number of hydrogen-bond acceptors (Lipinski definition) is 3. The van der Waals surface area contributed by atoms with Crippen LogP contribution in [0.25, 0.3) is 33.2 Å². The lowest BCUT2D eigenvalue weighted by Crippen LogP contribution is -1.97. The lowest BCUT2D eigenvalue weighted by molar-refractivity contribution is 0.615. The fourth-order valence-electron chi connectivity index (χ4n) is 3.42. The highest BCUT2D eigenvalue weighted by Crippen LogP contribution is 2.35. The SMILES string of the molecule is Cc1c(-c2ccccn2)nc2c(F)ccc(F)c2c1Cl.Cc1c(Cl)nc2c(F)ccc(F)c2c1Cl. The van der Waals surface area contributed by atoms with E-state index in [0.717, 1.165) is 24.3 Å². The third-order valence-electron chi connectivity index (χ3n) is 5.26. The van der Waals surface area contributed by atoms with Crippen molar-refractivity contribution < 1.29 is 17.6 Å². The Kier molecular flexibility index (Phi) is 7.12. The molecule has 10 heteroatoms. The van der Waals surface area contributed by atoms with Crippen LogP contribution < -0.4 is 0 Å². The predicted molar refractivity (Wildman–Crippen MR) is 131 cm³/mol. The zero-order chi connectivity index (χ0) is 25.4. The summed E-state index contributed by atoms with van der Waals surface area (Å²) < 4.78 is 54.4. The third-order valence-corrected chi connectivity index (χ3v) is 6.57. The summed E-state index contributed by atoms with van der Waals surface area (Å²) >= 11 is 17.8. The zero-order valence-corrected chi connectivity index (χ0v) is 20.4. The first-order chi connectivity index (χ1) is 16.6. The first kappa shape index (κ1) is 25.1. The molecule has 0 saturated carbocycles. The van der Waals surface area contributed by atoms with E-state index in [1.165, 1.54) is 0 Å². The third kappa shape index (κ3) is 4.63. The van der Waals surface area contributed by atoms with Crippen molar-refractivity contribution in [2.24, 2.45) is 0 Å². The van der Waals surface area contributed by atoms with Gasteiger partial charge < -0.3 is 0 Å². The standard InChI is InChI=1S/C15H9ClF2N2.C10H5Cl2F2N/c1-8-13(16)12-9(17)5-6-10(18)15(12)20-14(8)11-4-2-3-7-19-11;1-4-8(11)7-5(13)2-3-6(14)9(7)15-10(4)12/h2-7H,1H3;2-3H,1H3. The molecule has 0 aliphatic carbocycles. The van der Waals surface area contributed by atoms with Crippen LogP contribution in [0.1, 0.15) is 11.1 Å². The highest BCUT2D eigenvalue weighted by atomic mass is 35.5. The van der Waals surface area contributed by atoms with Crippen molar-refractivity contribution in [1.82, 2.24) is 15.0 Å². The molecule has 0 saturated heterocycles. The number of pyridine rings is 3. The number of fused-ring (bicyclic) bond motifs is 2. The maximum Gasteiger partial charge on any atom is 0.149 e. The molecule has 2 aromatic carbocycles. The molecule has 3 nitrogen and oxygen atoms in total. The molecule has 0 amide bonds. The van der Waals surface area contributed by atoms with Crippen LogP contribution in [-0.4, -0.2) is 15.0 Å². The van der Waals surface area contributed by atoms with Crippen LogP contribution in [0, 0.1) is 37.1 Å². The largest absolute Gasteiger partial charge is 0.255 e.